The molecule has 1 aromatic heterocycles. The van der Waals surface area contributed by atoms with Crippen molar-refractivity contribution in [2.75, 3.05) is 0 Å². The lowest BCUT2D eigenvalue weighted by molar-refractivity contribution is -0.699. The average Bonchev–Trinajstić information content (AvgIpc) is 2.59. The van der Waals surface area contributed by atoms with Crippen LogP contribution in [0, 0.1) is 0 Å². The van der Waals surface area contributed by atoms with Gasteiger partial charge in [-0.3, -0.25) is 4.79 Å². The summed E-state index contributed by atoms with van der Waals surface area (Å²) in [6, 6.07) is 5.75. The lowest BCUT2D eigenvalue weighted by Gasteiger charge is -2.04. The molecule has 0 radical (unpaired) electrons. The second kappa shape index (κ2) is 12.6. The molecule has 0 unspecified atom stereocenters. The largest absolute Gasteiger partial charge is 0.303 e. The molecule has 0 aliphatic carbocycles. The van der Waals surface area contributed by atoms with Crippen LogP contribution in [-0.2, 0) is 11.3 Å². The zero-order valence-corrected chi connectivity index (χ0v) is 15.1. The summed E-state index contributed by atoms with van der Waals surface area (Å²) < 4.78 is 2.05. The van der Waals surface area contributed by atoms with E-state index in [4.69, 9.17) is 0 Å². The highest BCUT2D eigenvalue weighted by atomic mass is 16.1. The van der Waals surface area contributed by atoms with Crippen molar-refractivity contribution in [3.8, 4) is 0 Å². The third-order valence-electron chi connectivity index (χ3n) is 4.28. The predicted molar refractivity (Wildman–Crippen MR) is 98.0 cm³/mol. The Bertz CT molecular complexity index is 522. The minimum Gasteiger partial charge on any atom is -0.303 e. The van der Waals surface area contributed by atoms with Crippen molar-refractivity contribution in [2.45, 2.75) is 77.7 Å². The number of aryl methyl sites for hydroxylation is 1. The van der Waals surface area contributed by atoms with E-state index < -0.39 is 0 Å². The van der Waals surface area contributed by atoms with Crippen LogP contribution in [0.25, 0.3) is 0 Å². The fraction of sp³-hybridized carbons (Fsp3) is 0.571. The van der Waals surface area contributed by atoms with Gasteiger partial charge in [0.25, 0.3) is 11.5 Å². The van der Waals surface area contributed by atoms with Gasteiger partial charge in [0.2, 0.25) is 0 Å². The van der Waals surface area contributed by atoms with Crippen molar-refractivity contribution < 1.29 is 14.2 Å². The zero-order chi connectivity index (χ0) is 17.6. The normalized spacial score (nSPS) is 10.5. The summed E-state index contributed by atoms with van der Waals surface area (Å²) in [5.41, 5.74) is 1.32. The maximum Gasteiger partial charge on any atom is 0.253 e. The molecule has 0 saturated heterocycles. The zero-order valence-electron chi connectivity index (χ0n) is 15.1. The smallest absolute Gasteiger partial charge is 0.253 e. The minimum atomic E-state index is 0.0326. The van der Waals surface area contributed by atoms with Crippen LogP contribution in [-0.4, -0.2) is 12.1 Å². The van der Waals surface area contributed by atoms with Crippen molar-refractivity contribution in [1.29, 1.82) is 0 Å². The van der Waals surface area contributed by atoms with Crippen LogP contribution in [0.2, 0.25) is 0 Å². The topological polar surface area (TPSA) is 38.0 Å². The summed E-state index contributed by atoms with van der Waals surface area (Å²) in [4.78, 5) is 22.3. The Balaban J connectivity index is 2.15. The number of hydrogen-bond acceptors (Lipinski definition) is 2. The number of aromatic nitrogens is 1. The van der Waals surface area contributed by atoms with Gasteiger partial charge in [-0.25, -0.2) is 0 Å². The lowest BCUT2D eigenvalue weighted by Crippen LogP contribution is -2.40. The molecule has 3 nitrogen and oxygen atoms in total. The molecule has 0 aromatic carbocycles. The molecule has 0 N–H and O–H groups in total. The first-order chi connectivity index (χ1) is 11.7. The molecule has 3 heteroatoms. The van der Waals surface area contributed by atoms with E-state index in [9.17, 15) is 9.59 Å². The average molecular weight is 330 g/mol. The van der Waals surface area contributed by atoms with Crippen LogP contribution in [0.1, 0.15) is 81.6 Å². The number of hydrogen-bond donors (Lipinski definition) is 0. The van der Waals surface area contributed by atoms with E-state index in [1.807, 2.05) is 29.0 Å². The molecule has 0 fully saturated rings. The van der Waals surface area contributed by atoms with Gasteiger partial charge < -0.3 is 4.79 Å². The van der Waals surface area contributed by atoms with Gasteiger partial charge in [0.05, 0.1) is 0 Å². The SMILES string of the molecule is C=C(C)C(=O)c1cccc[n+]1CCCCCCCCCCCC=O. The third-order valence-corrected chi connectivity index (χ3v) is 4.28. The molecule has 1 rings (SSSR count). The molecule has 24 heavy (non-hydrogen) atoms. The highest BCUT2D eigenvalue weighted by molar-refractivity contribution is 6.05. The summed E-state index contributed by atoms with van der Waals surface area (Å²) in [5.74, 6) is 0.0326. The van der Waals surface area contributed by atoms with Gasteiger partial charge in [0.1, 0.15) is 12.8 Å². The Labute approximate surface area is 146 Å². The van der Waals surface area contributed by atoms with Crippen molar-refractivity contribution in [2.24, 2.45) is 0 Å². The van der Waals surface area contributed by atoms with E-state index in [2.05, 4.69) is 6.58 Å². The maximum absolute atomic E-state index is 12.1. The van der Waals surface area contributed by atoms with Crippen molar-refractivity contribution in [3.63, 3.8) is 0 Å². The molecule has 1 heterocycles. The predicted octanol–water partition coefficient (Wildman–Crippen LogP) is 4.83. The first-order valence-electron chi connectivity index (χ1n) is 9.29. The van der Waals surface area contributed by atoms with E-state index >= 15 is 0 Å². The molecule has 0 spiro atoms. The number of carbonyl (C=O) groups excluding carboxylic acids is 2. The number of pyridine rings is 1. The molecule has 0 saturated carbocycles. The number of carbonyl (C=O) groups is 2. The number of aldehydes is 1. The molecule has 132 valence electrons. The van der Waals surface area contributed by atoms with Gasteiger partial charge >= 0.3 is 0 Å². The van der Waals surface area contributed by atoms with Crippen molar-refractivity contribution in [3.05, 3.63) is 42.2 Å². The third kappa shape index (κ3) is 8.19. The summed E-state index contributed by atoms with van der Waals surface area (Å²) in [5, 5.41) is 0. The van der Waals surface area contributed by atoms with Crippen LogP contribution in [0.15, 0.2) is 36.5 Å². The number of Topliss-reactive ketones (excluding diaryl/α,β-unsaturated/α-hetero) is 1. The Morgan fingerprint density at radius 3 is 2.17 bits per heavy atom. The number of rotatable bonds is 14. The fourth-order valence-corrected chi connectivity index (χ4v) is 2.84. The molecule has 0 amide bonds. The van der Waals surface area contributed by atoms with Crippen LogP contribution < -0.4 is 4.57 Å². The monoisotopic (exact) mass is 330 g/mol. The second-order valence-corrected chi connectivity index (χ2v) is 6.53. The van der Waals surface area contributed by atoms with Gasteiger partial charge in [-0.15, -0.1) is 0 Å². The Kier molecular flexibility index (Phi) is 10.7. The number of ketones is 1. The van der Waals surface area contributed by atoms with Gasteiger partial charge in [0, 0.05) is 25.0 Å². The van der Waals surface area contributed by atoms with Gasteiger partial charge in [-0.1, -0.05) is 45.1 Å². The summed E-state index contributed by atoms with van der Waals surface area (Å²) in [6.45, 7) is 6.41. The minimum absolute atomic E-state index is 0.0326. The number of allylic oxidation sites excluding steroid dienone is 1. The fourth-order valence-electron chi connectivity index (χ4n) is 2.84. The highest BCUT2D eigenvalue weighted by Gasteiger charge is 2.18. The van der Waals surface area contributed by atoms with E-state index in [0.29, 0.717) is 12.0 Å². The molecule has 0 atom stereocenters. The Morgan fingerprint density at radius 1 is 1.00 bits per heavy atom. The van der Waals surface area contributed by atoms with E-state index in [0.717, 1.165) is 31.4 Å². The summed E-state index contributed by atoms with van der Waals surface area (Å²) >= 11 is 0. The standard InChI is InChI=1S/C21H32NO2/c1-19(2)21(24)20-15-11-13-17-22(20)16-12-9-7-5-3-4-6-8-10-14-18-23/h11,13,15,17-18H,1,3-10,12,14,16H2,2H3/q+1. The van der Waals surface area contributed by atoms with Crippen LogP contribution in [0.5, 0.6) is 0 Å². The second-order valence-electron chi connectivity index (χ2n) is 6.53. The van der Waals surface area contributed by atoms with E-state index in [1.54, 1.807) is 6.92 Å². The van der Waals surface area contributed by atoms with Crippen molar-refractivity contribution in [1.82, 2.24) is 0 Å². The molecule has 1 aromatic rings. The first kappa shape index (κ1) is 20.3. The summed E-state index contributed by atoms with van der Waals surface area (Å²) in [6.07, 6.45) is 14.6. The Morgan fingerprint density at radius 2 is 1.58 bits per heavy atom. The van der Waals surface area contributed by atoms with Crippen LogP contribution in [0.4, 0.5) is 0 Å². The van der Waals surface area contributed by atoms with Gasteiger partial charge in [-0.2, -0.15) is 4.57 Å². The van der Waals surface area contributed by atoms with Crippen molar-refractivity contribution >= 4 is 12.1 Å². The maximum atomic E-state index is 12.1. The summed E-state index contributed by atoms with van der Waals surface area (Å²) in [7, 11) is 0. The molecule has 0 bridgehead atoms. The molecular weight excluding hydrogens is 298 g/mol. The number of unbranched alkanes of at least 4 members (excludes halogenated alkanes) is 9. The van der Waals surface area contributed by atoms with Gasteiger partial charge in [0.15, 0.2) is 6.20 Å². The highest BCUT2D eigenvalue weighted by Crippen LogP contribution is 2.10. The quantitative estimate of drug-likeness (QED) is 0.161. The molecular formula is C21H32NO2+. The van der Waals surface area contributed by atoms with E-state index in [-0.39, 0.29) is 5.78 Å². The van der Waals surface area contributed by atoms with Crippen LogP contribution in [0.3, 0.4) is 0 Å². The van der Waals surface area contributed by atoms with E-state index in [1.165, 1.54) is 44.9 Å². The first-order valence-corrected chi connectivity index (χ1v) is 9.29. The number of nitrogens with zero attached hydrogens (tertiary/aromatic N) is 1. The Hall–Kier alpha value is -1.77. The molecule has 0 aliphatic rings. The molecule has 0 aliphatic heterocycles. The van der Waals surface area contributed by atoms with Gasteiger partial charge in [-0.05, 0) is 31.4 Å². The lowest BCUT2D eigenvalue weighted by atomic mass is 10.1. The van der Waals surface area contributed by atoms with Crippen LogP contribution >= 0.6 is 0 Å².